The molecule has 114 valence electrons. The van der Waals surface area contributed by atoms with Crippen LogP contribution in [0.5, 0.6) is 0 Å². The highest BCUT2D eigenvalue weighted by atomic mass is 16.2. The molecule has 2 aliphatic rings. The summed E-state index contributed by atoms with van der Waals surface area (Å²) < 4.78 is 1.83. The Bertz CT molecular complexity index is 515. The summed E-state index contributed by atoms with van der Waals surface area (Å²) in [5.41, 5.74) is 0. The lowest BCUT2D eigenvalue weighted by atomic mass is 9.93. The van der Waals surface area contributed by atoms with Gasteiger partial charge in [0.25, 0.3) is 0 Å². The Morgan fingerprint density at radius 3 is 2.90 bits per heavy atom. The van der Waals surface area contributed by atoms with Crippen LogP contribution in [0.25, 0.3) is 0 Å². The van der Waals surface area contributed by atoms with Gasteiger partial charge in [0.05, 0.1) is 6.04 Å². The van der Waals surface area contributed by atoms with Gasteiger partial charge in [-0.1, -0.05) is 0 Å². The number of hydrogen-bond donors (Lipinski definition) is 0. The molecule has 21 heavy (non-hydrogen) atoms. The van der Waals surface area contributed by atoms with Gasteiger partial charge in [-0.15, -0.1) is 0 Å². The van der Waals surface area contributed by atoms with E-state index in [1.54, 1.807) is 18.3 Å². The lowest BCUT2D eigenvalue weighted by Crippen LogP contribution is -2.47. The van der Waals surface area contributed by atoms with Gasteiger partial charge < -0.3 is 9.80 Å². The second kappa shape index (κ2) is 5.83. The Hall–Kier alpha value is -1.92. The Labute approximate surface area is 123 Å². The van der Waals surface area contributed by atoms with Crippen molar-refractivity contribution in [2.45, 2.75) is 31.7 Å². The van der Waals surface area contributed by atoms with E-state index in [0.29, 0.717) is 19.5 Å². The fraction of sp³-hybridized carbons (Fsp3) is 0.714. The lowest BCUT2D eigenvalue weighted by molar-refractivity contribution is -0.145. The maximum Gasteiger partial charge on any atom is 0.226 e. The second-order valence-electron chi connectivity index (χ2n) is 5.96. The van der Waals surface area contributed by atoms with E-state index in [2.05, 4.69) is 10.1 Å². The molecule has 3 heterocycles. The third kappa shape index (κ3) is 2.91. The first-order valence-electron chi connectivity index (χ1n) is 7.52. The molecule has 2 saturated heterocycles. The van der Waals surface area contributed by atoms with Crippen LogP contribution in [-0.4, -0.2) is 63.1 Å². The molecule has 2 fully saturated rings. The normalized spacial score (nSPS) is 27.0. The molecule has 3 rings (SSSR count). The van der Waals surface area contributed by atoms with Gasteiger partial charge in [-0.05, 0) is 19.3 Å². The molecule has 0 saturated carbocycles. The molecule has 0 aromatic carbocycles. The predicted molar refractivity (Wildman–Crippen MR) is 75.2 cm³/mol. The number of carbonyl (C=O) groups excluding carboxylic acids is 2. The van der Waals surface area contributed by atoms with Gasteiger partial charge in [0.15, 0.2) is 0 Å². The number of amides is 2. The molecule has 7 heteroatoms. The zero-order valence-corrected chi connectivity index (χ0v) is 12.3. The molecule has 1 aromatic rings. The lowest BCUT2D eigenvalue weighted by Gasteiger charge is -2.36. The van der Waals surface area contributed by atoms with E-state index < -0.39 is 0 Å². The van der Waals surface area contributed by atoms with Crippen LogP contribution in [0.15, 0.2) is 12.7 Å². The van der Waals surface area contributed by atoms with Gasteiger partial charge in [-0.2, -0.15) is 5.10 Å². The van der Waals surface area contributed by atoms with Crippen LogP contribution in [-0.2, 0) is 9.59 Å². The van der Waals surface area contributed by atoms with Crippen LogP contribution in [0, 0.1) is 5.92 Å². The zero-order valence-electron chi connectivity index (χ0n) is 12.3. The quantitative estimate of drug-likeness (QED) is 0.786. The van der Waals surface area contributed by atoms with Crippen molar-refractivity contribution >= 4 is 11.8 Å². The average Bonchev–Trinajstić information content (AvgIpc) is 3.04. The minimum Gasteiger partial charge on any atom is -0.346 e. The van der Waals surface area contributed by atoms with E-state index in [0.717, 1.165) is 25.8 Å². The van der Waals surface area contributed by atoms with Crippen LogP contribution in [0.3, 0.4) is 0 Å². The van der Waals surface area contributed by atoms with Gasteiger partial charge in [0.2, 0.25) is 11.8 Å². The van der Waals surface area contributed by atoms with Crippen molar-refractivity contribution in [2.24, 2.45) is 5.92 Å². The molecule has 2 amide bonds. The van der Waals surface area contributed by atoms with E-state index in [1.807, 2.05) is 9.58 Å². The highest BCUT2D eigenvalue weighted by molar-refractivity contribution is 5.87. The first-order chi connectivity index (χ1) is 10.1. The summed E-state index contributed by atoms with van der Waals surface area (Å²) in [4.78, 5) is 32.0. The maximum absolute atomic E-state index is 12.6. The molecule has 1 aromatic heterocycles. The zero-order chi connectivity index (χ0) is 14.8. The van der Waals surface area contributed by atoms with Crippen molar-refractivity contribution in [3.05, 3.63) is 12.7 Å². The van der Waals surface area contributed by atoms with Crippen molar-refractivity contribution in [3.8, 4) is 0 Å². The molecular weight excluding hydrogens is 270 g/mol. The highest BCUT2D eigenvalue weighted by Gasteiger charge is 2.34. The molecule has 0 spiro atoms. The predicted octanol–water partition coefficient (Wildman–Crippen LogP) is 0.310. The topological polar surface area (TPSA) is 71.3 Å². The van der Waals surface area contributed by atoms with E-state index in [4.69, 9.17) is 0 Å². The van der Waals surface area contributed by atoms with Crippen molar-refractivity contribution < 1.29 is 9.59 Å². The van der Waals surface area contributed by atoms with E-state index >= 15 is 0 Å². The Kier molecular flexibility index (Phi) is 3.90. The minimum atomic E-state index is -0.150. The number of piperidine rings is 2. The molecule has 0 aliphatic carbocycles. The molecule has 7 nitrogen and oxygen atoms in total. The molecule has 0 unspecified atom stereocenters. The molecule has 2 atom stereocenters. The summed E-state index contributed by atoms with van der Waals surface area (Å²) in [5, 5.41) is 4.17. The largest absolute Gasteiger partial charge is 0.346 e. The van der Waals surface area contributed by atoms with Crippen LogP contribution < -0.4 is 0 Å². The summed E-state index contributed by atoms with van der Waals surface area (Å²) in [7, 11) is 1.80. The van der Waals surface area contributed by atoms with Crippen molar-refractivity contribution in [2.75, 3.05) is 26.7 Å². The van der Waals surface area contributed by atoms with E-state index in [-0.39, 0.29) is 23.8 Å². The number of hydrogen-bond acceptors (Lipinski definition) is 4. The number of rotatable bonds is 2. The smallest absolute Gasteiger partial charge is 0.226 e. The molecular formula is C14H21N5O2. The number of likely N-dealkylation sites (tertiary alicyclic amines) is 2. The Morgan fingerprint density at radius 1 is 1.33 bits per heavy atom. The SMILES string of the molecule is CN1CC[C@@H](C(=O)N2CCC[C@H](n3cncn3)C2)CC1=O. The second-order valence-corrected chi connectivity index (χ2v) is 5.96. The van der Waals surface area contributed by atoms with E-state index in [9.17, 15) is 9.59 Å². The van der Waals surface area contributed by atoms with Crippen LogP contribution in [0.2, 0.25) is 0 Å². The highest BCUT2D eigenvalue weighted by Crippen LogP contribution is 2.25. The molecule has 0 N–H and O–H groups in total. The monoisotopic (exact) mass is 291 g/mol. The molecule has 0 bridgehead atoms. The van der Waals surface area contributed by atoms with Crippen molar-refractivity contribution in [3.63, 3.8) is 0 Å². The van der Waals surface area contributed by atoms with Crippen molar-refractivity contribution in [1.29, 1.82) is 0 Å². The fourth-order valence-electron chi connectivity index (χ4n) is 3.19. The van der Waals surface area contributed by atoms with Gasteiger partial charge in [-0.3, -0.25) is 9.59 Å². The summed E-state index contributed by atoms with van der Waals surface area (Å²) in [6.07, 6.45) is 6.33. The first kappa shape index (κ1) is 14.0. The van der Waals surface area contributed by atoms with Gasteiger partial charge >= 0.3 is 0 Å². The van der Waals surface area contributed by atoms with Gasteiger partial charge in [0.1, 0.15) is 12.7 Å². The summed E-state index contributed by atoms with van der Waals surface area (Å²) >= 11 is 0. The first-order valence-corrected chi connectivity index (χ1v) is 7.52. The number of nitrogens with zero attached hydrogens (tertiary/aromatic N) is 5. The third-order valence-electron chi connectivity index (χ3n) is 4.53. The summed E-state index contributed by atoms with van der Waals surface area (Å²) in [6, 6.07) is 0.201. The number of aromatic nitrogens is 3. The standard InChI is InChI=1S/C14H21N5O2/c1-17-6-4-11(7-13(17)20)14(21)18-5-2-3-12(8-18)19-10-15-9-16-19/h9-12H,2-8H2,1H3/t11-,12+/m1/s1. The van der Waals surface area contributed by atoms with Gasteiger partial charge in [0, 0.05) is 39.0 Å². The van der Waals surface area contributed by atoms with Gasteiger partial charge in [-0.25, -0.2) is 9.67 Å². The van der Waals surface area contributed by atoms with Crippen LogP contribution in [0.1, 0.15) is 31.7 Å². The molecule has 2 aliphatic heterocycles. The van der Waals surface area contributed by atoms with Crippen molar-refractivity contribution in [1.82, 2.24) is 24.6 Å². The third-order valence-corrected chi connectivity index (χ3v) is 4.53. The fourth-order valence-corrected chi connectivity index (χ4v) is 3.19. The summed E-state index contributed by atoms with van der Waals surface area (Å²) in [5.74, 6) is 0.0499. The Balaban J connectivity index is 1.63. The summed E-state index contributed by atoms with van der Waals surface area (Å²) in [6.45, 7) is 2.13. The minimum absolute atomic E-state index is 0.0736. The number of carbonyl (C=O) groups is 2. The van der Waals surface area contributed by atoms with Crippen LogP contribution in [0.4, 0.5) is 0 Å². The molecule has 0 radical (unpaired) electrons. The average molecular weight is 291 g/mol. The van der Waals surface area contributed by atoms with Crippen LogP contribution >= 0.6 is 0 Å². The van der Waals surface area contributed by atoms with E-state index in [1.165, 1.54) is 6.33 Å². The Morgan fingerprint density at radius 2 is 2.19 bits per heavy atom. The maximum atomic E-state index is 12.6.